The lowest BCUT2D eigenvalue weighted by atomic mass is 9.91. The highest BCUT2D eigenvalue weighted by molar-refractivity contribution is 5.77. The topological polar surface area (TPSA) is 50.4 Å². The molecule has 2 fully saturated rings. The molecule has 4 heteroatoms. The summed E-state index contributed by atoms with van der Waals surface area (Å²) in [6, 6.07) is 0. The lowest BCUT2D eigenvalue weighted by molar-refractivity contribution is -0.131. The molecule has 2 heterocycles. The molecular formula is C7H12N2O2. The fourth-order valence-corrected chi connectivity index (χ4v) is 1.61. The van der Waals surface area contributed by atoms with Crippen molar-refractivity contribution in [2.24, 2.45) is 0 Å². The number of rotatable bonds is 0. The van der Waals surface area contributed by atoms with E-state index in [1.54, 1.807) is 0 Å². The fourth-order valence-electron chi connectivity index (χ4n) is 1.61. The van der Waals surface area contributed by atoms with E-state index in [4.69, 9.17) is 4.84 Å². The fraction of sp³-hybridized carbons (Fsp3) is 0.857. The third kappa shape index (κ3) is 1.23. The van der Waals surface area contributed by atoms with Gasteiger partial charge in [0.15, 0.2) is 0 Å². The van der Waals surface area contributed by atoms with Gasteiger partial charge >= 0.3 is 0 Å². The monoisotopic (exact) mass is 156 g/mol. The van der Waals surface area contributed by atoms with Crippen LogP contribution in [0.15, 0.2) is 0 Å². The van der Waals surface area contributed by atoms with Gasteiger partial charge < -0.3 is 5.32 Å². The number of carbonyl (C=O) groups excluding carboxylic acids is 1. The number of piperidine rings is 1. The van der Waals surface area contributed by atoms with Crippen molar-refractivity contribution in [2.45, 2.75) is 24.9 Å². The molecule has 0 aromatic carbocycles. The van der Waals surface area contributed by atoms with Gasteiger partial charge in [-0.1, -0.05) is 0 Å². The highest BCUT2D eigenvalue weighted by Gasteiger charge is 2.38. The van der Waals surface area contributed by atoms with Crippen LogP contribution in [0.25, 0.3) is 0 Å². The Kier molecular flexibility index (Phi) is 1.58. The van der Waals surface area contributed by atoms with Gasteiger partial charge in [0.1, 0.15) is 5.60 Å². The van der Waals surface area contributed by atoms with Crippen LogP contribution in [0.5, 0.6) is 0 Å². The van der Waals surface area contributed by atoms with Crippen molar-refractivity contribution in [1.29, 1.82) is 0 Å². The van der Waals surface area contributed by atoms with Crippen LogP contribution < -0.4 is 10.8 Å². The Bertz CT molecular complexity index is 163. The van der Waals surface area contributed by atoms with Crippen LogP contribution in [0.1, 0.15) is 19.3 Å². The number of carbonyl (C=O) groups is 1. The van der Waals surface area contributed by atoms with E-state index in [1.165, 1.54) is 0 Å². The maximum Gasteiger partial charge on any atom is 0.220 e. The van der Waals surface area contributed by atoms with Gasteiger partial charge in [0.2, 0.25) is 5.91 Å². The highest BCUT2D eigenvalue weighted by Crippen LogP contribution is 2.26. The normalized spacial score (nSPS) is 37.6. The minimum atomic E-state index is -0.0894. The molecule has 2 rings (SSSR count). The second kappa shape index (κ2) is 2.46. The quantitative estimate of drug-likeness (QED) is 0.500. The van der Waals surface area contributed by atoms with E-state index >= 15 is 0 Å². The second-order valence-corrected chi connectivity index (χ2v) is 3.21. The molecular weight excluding hydrogens is 144 g/mol. The van der Waals surface area contributed by atoms with Crippen molar-refractivity contribution in [1.82, 2.24) is 10.8 Å². The van der Waals surface area contributed by atoms with Gasteiger partial charge in [-0.3, -0.25) is 9.63 Å². The van der Waals surface area contributed by atoms with Gasteiger partial charge in [-0.05, 0) is 12.8 Å². The zero-order valence-electron chi connectivity index (χ0n) is 6.35. The van der Waals surface area contributed by atoms with E-state index in [0.717, 1.165) is 19.4 Å². The Morgan fingerprint density at radius 1 is 1.45 bits per heavy atom. The van der Waals surface area contributed by atoms with Crippen molar-refractivity contribution in [3.8, 4) is 0 Å². The maximum atomic E-state index is 10.8. The number of hydrogen-bond acceptors (Lipinski definition) is 3. The molecule has 0 aliphatic carbocycles. The first-order valence-corrected chi connectivity index (χ1v) is 3.98. The van der Waals surface area contributed by atoms with Crippen LogP contribution in [0.2, 0.25) is 0 Å². The zero-order valence-corrected chi connectivity index (χ0v) is 6.35. The summed E-state index contributed by atoms with van der Waals surface area (Å²) in [4.78, 5) is 16.2. The smallest absolute Gasteiger partial charge is 0.220 e. The highest BCUT2D eigenvalue weighted by atomic mass is 16.7. The molecule has 0 aromatic heterocycles. The first-order chi connectivity index (χ1) is 5.31. The Morgan fingerprint density at radius 3 is 2.91 bits per heavy atom. The molecule has 2 saturated heterocycles. The molecule has 62 valence electrons. The van der Waals surface area contributed by atoms with Gasteiger partial charge in [-0.25, -0.2) is 5.48 Å². The first kappa shape index (κ1) is 7.06. The van der Waals surface area contributed by atoms with Crippen LogP contribution >= 0.6 is 0 Å². The largest absolute Gasteiger partial charge is 0.353 e. The molecule has 11 heavy (non-hydrogen) atoms. The molecule has 2 N–H and O–H groups in total. The molecule has 1 spiro atoms. The van der Waals surface area contributed by atoms with Crippen LogP contribution in [0.3, 0.4) is 0 Å². The van der Waals surface area contributed by atoms with Gasteiger partial charge in [0.25, 0.3) is 0 Å². The third-order valence-electron chi connectivity index (χ3n) is 2.39. The molecule has 2 aliphatic rings. The number of amides is 1. The second-order valence-electron chi connectivity index (χ2n) is 3.21. The Balaban J connectivity index is 1.99. The van der Waals surface area contributed by atoms with E-state index in [-0.39, 0.29) is 11.5 Å². The van der Waals surface area contributed by atoms with Gasteiger partial charge in [0.05, 0.1) is 0 Å². The lowest BCUT2D eigenvalue weighted by Gasteiger charge is -2.30. The molecule has 4 nitrogen and oxygen atoms in total. The molecule has 0 saturated carbocycles. The summed E-state index contributed by atoms with van der Waals surface area (Å²) in [7, 11) is 0. The van der Waals surface area contributed by atoms with Crippen molar-refractivity contribution < 1.29 is 9.63 Å². The summed E-state index contributed by atoms with van der Waals surface area (Å²) < 4.78 is 0. The standard InChI is InChI=1S/C7H12N2O2/c10-6-1-2-7(5-8-6)3-4-9-11-7/h9H,1-5H2,(H,8,10). The Hall–Kier alpha value is -0.610. The predicted molar refractivity (Wildman–Crippen MR) is 38.7 cm³/mol. The van der Waals surface area contributed by atoms with Crippen LogP contribution in [-0.4, -0.2) is 24.6 Å². The summed E-state index contributed by atoms with van der Waals surface area (Å²) in [6.45, 7) is 1.56. The Morgan fingerprint density at radius 2 is 2.36 bits per heavy atom. The minimum Gasteiger partial charge on any atom is -0.353 e. The van der Waals surface area contributed by atoms with Crippen LogP contribution in [-0.2, 0) is 9.63 Å². The first-order valence-electron chi connectivity index (χ1n) is 3.98. The van der Waals surface area contributed by atoms with E-state index in [9.17, 15) is 4.79 Å². The molecule has 1 unspecified atom stereocenters. The van der Waals surface area contributed by atoms with Crippen molar-refractivity contribution in [2.75, 3.05) is 13.1 Å². The SMILES string of the molecule is O=C1CCC2(CCNO2)CN1. The van der Waals surface area contributed by atoms with Crippen LogP contribution in [0.4, 0.5) is 0 Å². The molecule has 2 aliphatic heterocycles. The van der Waals surface area contributed by atoms with E-state index in [0.29, 0.717) is 13.0 Å². The van der Waals surface area contributed by atoms with Crippen LogP contribution in [0, 0.1) is 0 Å². The maximum absolute atomic E-state index is 10.8. The van der Waals surface area contributed by atoms with Gasteiger partial charge in [-0.2, -0.15) is 0 Å². The summed E-state index contributed by atoms with van der Waals surface area (Å²) in [5.74, 6) is 0.145. The number of nitrogens with one attached hydrogen (secondary N) is 2. The Labute approximate surface area is 65.2 Å². The molecule has 0 aromatic rings. The molecule has 0 bridgehead atoms. The van der Waals surface area contributed by atoms with Crippen molar-refractivity contribution in [3.63, 3.8) is 0 Å². The predicted octanol–water partition coefficient (Wildman–Crippen LogP) is -0.440. The van der Waals surface area contributed by atoms with Crippen molar-refractivity contribution >= 4 is 5.91 Å². The average molecular weight is 156 g/mol. The van der Waals surface area contributed by atoms with E-state index in [2.05, 4.69) is 10.8 Å². The van der Waals surface area contributed by atoms with E-state index in [1.807, 2.05) is 0 Å². The summed E-state index contributed by atoms with van der Waals surface area (Å²) >= 11 is 0. The van der Waals surface area contributed by atoms with Crippen molar-refractivity contribution in [3.05, 3.63) is 0 Å². The summed E-state index contributed by atoms with van der Waals surface area (Å²) in [5, 5.41) is 2.81. The third-order valence-corrected chi connectivity index (χ3v) is 2.39. The summed E-state index contributed by atoms with van der Waals surface area (Å²) in [5.41, 5.74) is 2.76. The number of hydrogen-bond donors (Lipinski definition) is 2. The minimum absolute atomic E-state index is 0.0894. The van der Waals surface area contributed by atoms with Gasteiger partial charge in [0, 0.05) is 19.5 Å². The zero-order chi connectivity index (χ0) is 7.73. The van der Waals surface area contributed by atoms with Gasteiger partial charge in [-0.15, -0.1) is 0 Å². The molecule has 1 amide bonds. The van der Waals surface area contributed by atoms with E-state index < -0.39 is 0 Å². The molecule has 0 radical (unpaired) electrons. The molecule has 1 atom stereocenters. The average Bonchev–Trinajstić information content (AvgIpc) is 2.45. The summed E-state index contributed by atoms with van der Waals surface area (Å²) in [6.07, 6.45) is 2.46. The number of hydroxylamine groups is 1. The lowest BCUT2D eigenvalue weighted by Crippen LogP contribution is -2.48.